The monoisotopic (exact) mass is 699 g/mol. The van der Waals surface area contributed by atoms with Gasteiger partial charge in [0.15, 0.2) is 0 Å². The summed E-state index contributed by atoms with van der Waals surface area (Å²) in [7, 11) is 0. The van der Waals surface area contributed by atoms with E-state index in [1.54, 1.807) is 0 Å². The highest BCUT2D eigenvalue weighted by molar-refractivity contribution is 5.69. The first-order valence-corrected chi connectivity index (χ1v) is 21.4. The molecule has 0 spiro atoms. The summed E-state index contributed by atoms with van der Waals surface area (Å²) in [6.45, 7) is 5.22. The number of hydrogen-bond donors (Lipinski definition) is 1. The third-order valence-corrected chi connectivity index (χ3v) is 9.11. The van der Waals surface area contributed by atoms with Gasteiger partial charge in [0, 0.05) is 13.0 Å². The predicted octanol–water partition coefficient (Wildman–Crippen LogP) is 14.0. The van der Waals surface area contributed by atoms with Gasteiger partial charge in [-0.3, -0.25) is 4.79 Å². The Morgan fingerprint density at radius 1 is 0.500 bits per heavy atom. The van der Waals surface area contributed by atoms with E-state index >= 15 is 0 Å². The fourth-order valence-electron chi connectivity index (χ4n) is 5.94. The standard InChI is InChI=1S/C46H82O4/c1-3-5-7-9-11-13-15-17-19-20-21-22-23-24-25-26-27-28-30-32-34-36-38-40-42-49-44-45(43-47)50-46(48)41-39-37-35-33-31-29-18-16-14-12-10-8-6-4-2/h5,7,11,13,17,19,21-22,24-25,45,47H,3-4,6,8-10,12,14-16,18,20,23,26-44H2,1-2H3/b7-5-,13-11-,19-17-,22-21-,25-24-. The molecule has 0 aliphatic heterocycles. The van der Waals surface area contributed by atoms with Crippen LogP contribution in [0.2, 0.25) is 0 Å². The molecule has 0 fully saturated rings. The van der Waals surface area contributed by atoms with E-state index in [0.29, 0.717) is 19.6 Å². The van der Waals surface area contributed by atoms with Crippen molar-refractivity contribution in [3.63, 3.8) is 0 Å². The van der Waals surface area contributed by atoms with E-state index in [-0.39, 0.29) is 12.6 Å². The minimum atomic E-state index is -0.538. The van der Waals surface area contributed by atoms with Gasteiger partial charge in [-0.05, 0) is 57.8 Å². The van der Waals surface area contributed by atoms with Crippen molar-refractivity contribution in [2.75, 3.05) is 19.8 Å². The van der Waals surface area contributed by atoms with E-state index in [4.69, 9.17) is 9.47 Å². The number of allylic oxidation sites excluding steroid dienone is 10. The number of esters is 1. The summed E-state index contributed by atoms with van der Waals surface area (Å²) in [6, 6.07) is 0. The van der Waals surface area contributed by atoms with Gasteiger partial charge in [0.25, 0.3) is 0 Å². The molecule has 0 aromatic rings. The van der Waals surface area contributed by atoms with Gasteiger partial charge in [0.2, 0.25) is 0 Å². The number of ether oxygens (including phenoxy) is 2. The largest absolute Gasteiger partial charge is 0.457 e. The first kappa shape index (κ1) is 48.1. The molecule has 0 saturated carbocycles. The van der Waals surface area contributed by atoms with Crippen LogP contribution < -0.4 is 0 Å². The quantitative estimate of drug-likeness (QED) is 0.0394. The predicted molar refractivity (Wildman–Crippen MR) is 219 cm³/mol. The summed E-state index contributed by atoms with van der Waals surface area (Å²) in [5.74, 6) is -0.204. The lowest BCUT2D eigenvalue weighted by atomic mass is 10.0. The Kier molecular flexibility index (Phi) is 41.6. The number of carbonyl (C=O) groups is 1. The van der Waals surface area contributed by atoms with Gasteiger partial charge in [-0.1, -0.05) is 197 Å². The third-order valence-electron chi connectivity index (χ3n) is 9.11. The number of carbonyl (C=O) groups excluding carboxylic acids is 1. The molecule has 1 N–H and O–H groups in total. The van der Waals surface area contributed by atoms with Gasteiger partial charge in [-0.25, -0.2) is 0 Å². The number of rotatable bonds is 39. The average molecular weight is 699 g/mol. The molecule has 0 rings (SSSR count). The Morgan fingerprint density at radius 2 is 0.900 bits per heavy atom. The second-order valence-corrected chi connectivity index (χ2v) is 14.0. The van der Waals surface area contributed by atoms with Crippen LogP contribution in [-0.2, 0) is 14.3 Å². The van der Waals surface area contributed by atoms with Crippen LogP contribution in [0.5, 0.6) is 0 Å². The molecule has 290 valence electrons. The number of hydrogen-bond acceptors (Lipinski definition) is 4. The van der Waals surface area contributed by atoms with Crippen molar-refractivity contribution in [2.45, 2.75) is 206 Å². The lowest BCUT2D eigenvalue weighted by Gasteiger charge is -2.16. The van der Waals surface area contributed by atoms with E-state index in [0.717, 1.165) is 51.4 Å². The lowest BCUT2D eigenvalue weighted by molar-refractivity contribution is -0.154. The molecule has 0 aliphatic rings. The Balaban J connectivity index is 3.46. The van der Waals surface area contributed by atoms with Crippen LogP contribution >= 0.6 is 0 Å². The summed E-state index contributed by atoms with van der Waals surface area (Å²) in [4.78, 5) is 12.2. The molecule has 0 bridgehead atoms. The lowest BCUT2D eigenvalue weighted by Crippen LogP contribution is -2.27. The molecule has 0 aromatic heterocycles. The maximum atomic E-state index is 12.2. The topological polar surface area (TPSA) is 55.8 Å². The summed E-state index contributed by atoms with van der Waals surface area (Å²) >= 11 is 0. The zero-order valence-corrected chi connectivity index (χ0v) is 33.2. The van der Waals surface area contributed by atoms with Gasteiger partial charge in [0.05, 0.1) is 13.2 Å². The minimum absolute atomic E-state index is 0.175. The Bertz CT molecular complexity index is 824. The van der Waals surface area contributed by atoms with Gasteiger partial charge in [-0.15, -0.1) is 0 Å². The molecule has 0 heterocycles. The highest BCUT2D eigenvalue weighted by Gasteiger charge is 2.13. The Morgan fingerprint density at radius 3 is 1.36 bits per heavy atom. The second-order valence-electron chi connectivity index (χ2n) is 14.0. The van der Waals surface area contributed by atoms with Crippen molar-refractivity contribution in [1.29, 1.82) is 0 Å². The Hall–Kier alpha value is -1.91. The second kappa shape index (κ2) is 43.3. The molecule has 4 nitrogen and oxygen atoms in total. The molecule has 0 saturated heterocycles. The molecule has 1 atom stereocenters. The molecule has 0 aliphatic carbocycles. The third kappa shape index (κ3) is 40.5. The Labute approximate surface area is 311 Å². The van der Waals surface area contributed by atoms with E-state index in [9.17, 15) is 9.90 Å². The summed E-state index contributed by atoms with van der Waals surface area (Å²) in [6.07, 6.45) is 57.1. The molecule has 0 radical (unpaired) electrons. The van der Waals surface area contributed by atoms with Crippen LogP contribution in [0.1, 0.15) is 200 Å². The van der Waals surface area contributed by atoms with Crippen LogP contribution in [0.4, 0.5) is 0 Å². The van der Waals surface area contributed by atoms with Crippen LogP contribution in [0.3, 0.4) is 0 Å². The van der Waals surface area contributed by atoms with Crippen LogP contribution in [0, 0.1) is 0 Å². The van der Waals surface area contributed by atoms with Gasteiger partial charge in [0.1, 0.15) is 6.10 Å². The van der Waals surface area contributed by atoms with E-state index < -0.39 is 6.10 Å². The number of unbranched alkanes of at least 4 members (excludes halogenated alkanes) is 21. The minimum Gasteiger partial charge on any atom is -0.457 e. The zero-order chi connectivity index (χ0) is 36.3. The highest BCUT2D eigenvalue weighted by atomic mass is 16.6. The summed E-state index contributed by atoms with van der Waals surface area (Å²) in [5.41, 5.74) is 0. The van der Waals surface area contributed by atoms with E-state index in [2.05, 4.69) is 74.6 Å². The normalized spacial score (nSPS) is 12.9. The maximum absolute atomic E-state index is 12.2. The fourth-order valence-corrected chi connectivity index (χ4v) is 5.94. The highest BCUT2D eigenvalue weighted by Crippen LogP contribution is 2.14. The molecule has 50 heavy (non-hydrogen) atoms. The van der Waals surface area contributed by atoms with Gasteiger partial charge in [-0.2, -0.15) is 0 Å². The average Bonchev–Trinajstić information content (AvgIpc) is 3.12. The van der Waals surface area contributed by atoms with Gasteiger partial charge < -0.3 is 14.6 Å². The SMILES string of the molecule is CC/C=C\C/C=C\C/C=C\C/C=C\C/C=C\CCCCCCCCCCOCC(CO)OC(=O)CCCCCCCCCCCCCCCC. The van der Waals surface area contributed by atoms with Crippen LogP contribution in [-0.4, -0.2) is 37.0 Å². The smallest absolute Gasteiger partial charge is 0.306 e. The van der Waals surface area contributed by atoms with Crippen molar-refractivity contribution < 1.29 is 19.4 Å². The molecular formula is C46H82O4. The first-order chi connectivity index (χ1) is 24.7. The molecule has 0 amide bonds. The van der Waals surface area contributed by atoms with E-state index in [1.165, 1.54) is 128 Å². The number of aliphatic hydroxyl groups excluding tert-OH is 1. The van der Waals surface area contributed by atoms with Crippen molar-refractivity contribution in [1.82, 2.24) is 0 Å². The van der Waals surface area contributed by atoms with Crippen LogP contribution in [0.25, 0.3) is 0 Å². The maximum Gasteiger partial charge on any atom is 0.306 e. The summed E-state index contributed by atoms with van der Waals surface area (Å²) in [5, 5.41) is 9.59. The number of aliphatic hydroxyl groups is 1. The zero-order valence-electron chi connectivity index (χ0n) is 33.2. The first-order valence-electron chi connectivity index (χ1n) is 21.4. The van der Waals surface area contributed by atoms with Crippen molar-refractivity contribution in [3.05, 3.63) is 60.8 Å². The van der Waals surface area contributed by atoms with Crippen molar-refractivity contribution in [3.8, 4) is 0 Å². The molecule has 0 aromatic carbocycles. The van der Waals surface area contributed by atoms with E-state index in [1.807, 2.05) is 0 Å². The molecular weight excluding hydrogens is 617 g/mol. The summed E-state index contributed by atoms with van der Waals surface area (Å²) < 4.78 is 11.2. The van der Waals surface area contributed by atoms with Crippen molar-refractivity contribution >= 4 is 5.97 Å². The van der Waals surface area contributed by atoms with Crippen LogP contribution in [0.15, 0.2) is 60.8 Å². The molecule has 1 unspecified atom stereocenters. The van der Waals surface area contributed by atoms with Crippen molar-refractivity contribution in [2.24, 2.45) is 0 Å². The molecule has 4 heteroatoms. The fraction of sp³-hybridized carbons (Fsp3) is 0.761. The van der Waals surface area contributed by atoms with Gasteiger partial charge >= 0.3 is 5.97 Å².